The van der Waals surface area contributed by atoms with Crippen molar-refractivity contribution in [2.24, 2.45) is 0 Å². The molecule has 0 saturated carbocycles. The summed E-state index contributed by atoms with van der Waals surface area (Å²) in [5.74, 6) is -0.582. The van der Waals surface area contributed by atoms with Gasteiger partial charge in [-0.05, 0) is 64.8 Å². The summed E-state index contributed by atoms with van der Waals surface area (Å²) in [5.41, 5.74) is 1.77. The molecular weight excluding hydrogens is 420 g/mol. The summed E-state index contributed by atoms with van der Waals surface area (Å²) < 4.78 is 5.51. The number of nitrogens with zero attached hydrogens (tertiary/aromatic N) is 2. The fraction of sp³-hybridized carbons (Fsp3) is 0.440. The lowest BCUT2D eigenvalue weighted by Crippen LogP contribution is -2.45. The minimum Gasteiger partial charge on any atom is -0.444 e. The van der Waals surface area contributed by atoms with Gasteiger partial charge in [0.05, 0.1) is 6.54 Å². The van der Waals surface area contributed by atoms with Crippen LogP contribution < -0.4 is 10.6 Å². The van der Waals surface area contributed by atoms with Gasteiger partial charge in [-0.25, -0.2) is 4.79 Å². The minimum atomic E-state index is -0.685. The molecule has 178 valence electrons. The molecule has 0 fully saturated rings. The van der Waals surface area contributed by atoms with Gasteiger partial charge in [-0.3, -0.25) is 14.6 Å². The highest BCUT2D eigenvalue weighted by atomic mass is 16.6. The summed E-state index contributed by atoms with van der Waals surface area (Å²) in [7, 11) is 0. The van der Waals surface area contributed by atoms with Crippen LogP contribution in [-0.2, 0) is 16.1 Å². The summed E-state index contributed by atoms with van der Waals surface area (Å²) in [6.45, 7) is 10.1. The Hall–Kier alpha value is -3.42. The number of carbonyl (C=O) groups is 3. The van der Waals surface area contributed by atoms with E-state index in [1.165, 1.54) is 0 Å². The van der Waals surface area contributed by atoms with E-state index in [4.69, 9.17) is 4.74 Å². The number of ether oxygens (including phenoxy) is 1. The van der Waals surface area contributed by atoms with E-state index in [1.54, 1.807) is 42.4 Å². The van der Waals surface area contributed by atoms with Crippen LogP contribution >= 0.6 is 0 Å². The van der Waals surface area contributed by atoms with E-state index < -0.39 is 17.7 Å². The van der Waals surface area contributed by atoms with Crippen molar-refractivity contribution in [3.63, 3.8) is 0 Å². The normalized spacial score (nSPS) is 11.9. The van der Waals surface area contributed by atoms with Gasteiger partial charge in [0.25, 0.3) is 5.91 Å². The first kappa shape index (κ1) is 25.8. The Balaban J connectivity index is 1.84. The molecule has 8 heteroatoms. The van der Waals surface area contributed by atoms with Gasteiger partial charge in [0.15, 0.2) is 0 Å². The van der Waals surface area contributed by atoms with Crippen molar-refractivity contribution in [3.05, 3.63) is 65.5 Å². The SMILES string of the molecule is Cc1cccc(C(=O)NC(C)C(=O)NCCCN(Cc2cccnc2)C(=O)OC(C)(C)C)c1. The number of aromatic nitrogens is 1. The maximum absolute atomic E-state index is 12.6. The molecule has 2 rings (SSSR count). The van der Waals surface area contributed by atoms with Gasteiger partial charge in [-0.1, -0.05) is 23.8 Å². The van der Waals surface area contributed by atoms with Crippen molar-refractivity contribution in [3.8, 4) is 0 Å². The predicted molar refractivity (Wildman–Crippen MR) is 127 cm³/mol. The zero-order valence-electron chi connectivity index (χ0n) is 20.1. The van der Waals surface area contributed by atoms with E-state index in [1.807, 2.05) is 45.9 Å². The number of hydrogen-bond acceptors (Lipinski definition) is 5. The molecule has 33 heavy (non-hydrogen) atoms. The quantitative estimate of drug-likeness (QED) is 0.565. The van der Waals surface area contributed by atoms with Crippen LogP contribution in [0.25, 0.3) is 0 Å². The van der Waals surface area contributed by atoms with E-state index in [0.717, 1.165) is 11.1 Å². The lowest BCUT2D eigenvalue weighted by molar-refractivity contribution is -0.122. The van der Waals surface area contributed by atoms with Gasteiger partial charge in [0.1, 0.15) is 11.6 Å². The van der Waals surface area contributed by atoms with Crippen LogP contribution in [0, 0.1) is 6.92 Å². The number of carbonyl (C=O) groups excluding carboxylic acids is 3. The molecule has 1 aromatic carbocycles. The van der Waals surface area contributed by atoms with Crippen molar-refractivity contribution in [2.75, 3.05) is 13.1 Å². The second kappa shape index (κ2) is 12.0. The molecule has 2 aromatic rings. The Kier molecular flexibility index (Phi) is 9.39. The van der Waals surface area contributed by atoms with Gasteiger partial charge in [0.2, 0.25) is 5.91 Å². The number of amides is 3. The van der Waals surface area contributed by atoms with Gasteiger partial charge >= 0.3 is 6.09 Å². The van der Waals surface area contributed by atoms with Crippen LogP contribution in [0.1, 0.15) is 55.6 Å². The smallest absolute Gasteiger partial charge is 0.410 e. The third kappa shape index (κ3) is 9.31. The molecular formula is C25H34N4O4. The Labute approximate surface area is 195 Å². The van der Waals surface area contributed by atoms with Crippen molar-refractivity contribution in [1.29, 1.82) is 0 Å². The van der Waals surface area contributed by atoms with Crippen LogP contribution in [0.5, 0.6) is 0 Å². The van der Waals surface area contributed by atoms with Gasteiger partial charge in [-0.15, -0.1) is 0 Å². The summed E-state index contributed by atoms with van der Waals surface area (Å²) in [5, 5.41) is 5.52. The number of aryl methyl sites for hydroxylation is 1. The Morgan fingerprint density at radius 1 is 1.15 bits per heavy atom. The predicted octanol–water partition coefficient (Wildman–Crippen LogP) is 3.45. The van der Waals surface area contributed by atoms with Crippen LogP contribution in [0.3, 0.4) is 0 Å². The third-order valence-electron chi connectivity index (χ3n) is 4.67. The standard InChI is InChI=1S/C25H34N4O4/c1-18-9-6-11-21(15-18)23(31)28-19(2)22(30)27-13-8-14-29(24(32)33-25(3,4)5)17-20-10-7-12-26-16-20/h6-7,9-12,15-16,19H,8,13-14,17H2,1-5H3,(H,27,30)(H,28,31). The minimum absolute atomic E-state index is 0.285. The van der Waals surface area contributed by atoms with Crippen LogP contribution in [0.2, 0.25) is 0 Å². The molecule has 1 unspecified atom stereocenters. The fourth-order valence-corrected chi connectivity index (χ4v) is 3.04. The first-order valence-electron chi connectivity index (χ1n) is 11.1. The average Bonchev–Trinajstić information content (AvgIpc) is 2.75. The topological polar surface area (TPSA) is 101 Å². The lowest BCUT2D eigenvalue weighted by atomic mass is 10.1. The molecule has 0 saturated heterocycles. The number of pyridine rings is 1. The summed E-state index contributed by atoms with van der Waals surface area (Å²) in [6, 6.07) is 10.2. The maximum Gasteiger partial charge on any atom is 0.410 e. The van der Waals surface area contributed by atoms with Crippen LogP contribution in [0.15, 0.2) is 48.8 Å². The van der Waals surface area contributed by atoms with Gasteiger partial charge < -0.3 is 20.3 Å². The highest BCUT2D eigenvalue weighted by Gasteiger charge is 2.22. The number of nitrogens with one attached hydrogen (secondary N) is 2. The second-order valence-corrected chi connectivity index (χ2v) is 8.97. The first-order valence-corrected chi connectivity index (χ1v) is 11.1. The highest BCUT2D eigenvalue weighted by Crippen LogP contribution is 2.13. The molecule has 1 heterocycles. The van der Waals surface area contributed by atoms with Gasteiger partial charge in [-0.2, -0.15) is 0 Å². The molecule has 1 atom stereocenters. The molecule has 0 aliphatic heterocycles. The largest absolute Gasteiger partial charge is 0.444 e. The molecule has 0 aliphatic carbocycles. The first-order chi connectivity index (χ1) is 15.5. The zero-order valence-corrected chi connectivity index (χ0v) is 20.1. The summed E-state index contributed by atoms with van der Waals surface area (Å²) >= 11 is 0. The molecule has 0 aliphatic rings. The van der Waals surface area contributed by atoms with E-state index in [9.17, 15) is 14.4 Å². The average molecular weight is 455 g/mol. The third-order valence-corrected chi connectivity index (χ3v) is 4.67. The van der Waals surface area contributed by atoms with E-state index in [0.29, 0.717) is 31.6 Å². The number of hydrogen-bond donors (Lipinski definition) is 2. The van der Waals surface area contributed by atoms with E-state index in [2.05, 4.69) is 15.6 Å². The molecule has 3 amide bonds. The number of benzene rings is 1. The lowest BCUT2D eigenvalue weighted by Gasteiger charge is -2.27. The van der Waals surface area contributed by atoms with E-state index >= 15 is 0 Å². The van der Waals surface area contributed by atoms with Crippen LogP contribution in [0.4, 0.5) is 4.79 Å². The highest BCUT2D eigenvalue weighted by molar-refractivity contribution is 5.97. The Morgan fingerprint density at radius 3 is 2.55 bits per heavy atom. The molecule has 8 nitrogen and oxygen atoms in total. The Morgan fingerprint density at radius 2 is 1.91 bits per heavy atom. The monoisotopic (exact) mass is 454 g/mol. The van der Waals surface area contributed by atoms with E-state index in [-0.39, 0.29) is 11.8 Å². The zero-order chi connectivity index (χ0) is 24.4. The van der Waals surface area contributed by atoms with Crippen molar-refractivity contribution >= 4 is 17.9 Å². The maximum atomic E-state index is 12.6. The summed E-state index contributed by atoms with van der Waals surface area (Å²) in [6.07, 6.45) is 3.49. The molecule has 1 aromatic heterocycles. The van der Waals surface area contributed by atoms with Crippen molar-refractivity contribution in [1.82, 2.24) is 20.5 Å². The molecule has 0 spiro atoms. The molecule has 0 radical (unpaired) electrons. The van der Waals surface area contributed by atoms with Gasteiger partial charge in [0, 0.05) is 31.0 Å². The van der Waals surface area contributed by atoms with Crippen molar-refractivity contribution < 1.29 is 19.1 Å². The molecule has 2 N–H and O–H groups in total. The van der Waals surface area contributed by atoms with Crippen LogP contribution in [-0.4, -0.2) is 52.5 Å². The second-order valence-electron chi connectivity index (χ2n) is 8.97. The Bertz CT molecular complexity index is 941. The fourth-order valence-electron chi connectivity index (χ4n) is 3.04. The number of rotatable bonds is 9. The van der Waals surface area contributed by atoms with Crippen molar-refractivity contribution in [2.45, 2.75) is 59.2 Å². The summed E-state index contributed by atoms with van der Waals surface area (Å²) in [4.78, 5) is 43.0. The molecule has 0 bridgehead atoms.